The summed E-state index contributed by atoms with van der Waals surface area (Å²) < 4.78 is 0. The molecule has 0 atom stereocenters. The first-order chi connectivity index (χ1) is 6.80. The Kier molecular flexibility index (Phi) is 20.4. The van der Waals surface area contributed by atoms with Gasteiger partial charge in [-0.05, 0) is 0 Å². The number of rotatable bonds is 0. The number of hydrogen-bond donors (Lipinski definition) is 0. The van der Waals surface area contributed by atoms with Crippen LogP contribution in [0.15, 0.2) is 48.5 Å². The molecule has 0 saturated heterocycles. The predicted molar refractivity (Wildman–Crippen MR) is 62.1 cm³/mol. The second kappa shape index (κ2) is 15.2. The Bertz CT molecular complexity index is 284. The van der Waals surface area contributed by atoms with Crippen molar-refractivity contribution >= 4 is 7.63 Å². The van der Waals surface area contributed by atoms with Crippen molar-refractivity contribution in [3.8, 4) is 0 Å². The summed E-state index contributed by atoms with van der Waals surface area (Å²) in [4.78, 5) is 0. The van der Waals surface area contributed by atoms with Gasteiger partial charge in [0.05, 0.1) is 0 Å². The Labute approximate surface area is 124 Å². The first kappa shape index (κ1) is 21.5. The normalized spacial score (nSPS) is 7.00. The standard InChI is InChI=1S/C7H9.C5H5.2ClH.H2Si.Ti/c1-6-4-3-5-7(6)2;1-2-4-5-3-1;;;;/h3-5H,1-2H3;1-5H;2*1H;1H2;/q2*-1;;;;+2/p-2. The molecule has 0 unspecified atom stereocenters. The van der Waals surface area contributed by atoms with E-state index in [1.807, 2.05) is 57.1 Å². The van der Waals surface area contributed by atoms with Crippen LogP contribution in [0.4, 0.5) is 0 Å². The van der Waals surface area contributed by atoms with Crippen molar-refractivity contribution in [2.45, 2.75) is 13.8 Å². The Morgan fingerprint density at radius 3 is 1.75 bits per heavy atom. The number of aryl methyl sites for hydroxylation is 2. The van der Waals surface area contributed by atoms with Gasteiger partial charge >= 0.3 is 26.8 Å². The Morgan fingerprint density at radius 1 is 1.12 bits per heavy atom. The van der Waals surface area contributed by atoms with E-state index in [0.717, 1.165) is 0 Å². The van der Waals surface area contributed by atoms with E-state index in [1.54, 1.807) is 0 Å². The van der Waals surface area contributed by atoms with Gasteiger partial charge in [-0.15, -0.1) is 0 Å². The first-order valence-corrected chi connectivity index (χ1v) is 8.53. The fraction of sp³-hybridized carbons (Fsp3) is 0.167. The van der Waals surface area contributed by atoms with Crippen molar-refractivity contribution in [2.75, 3.05) is 0 Å². The molecule has 0 aliphatic heterocycles. The van der Waals surface area contributed by atoms with E-state index in [2.05, 4.69) is 32.0 Å². The molecule has 2 aromatic carbocycles. The van der Waals surface area contributed by atoms with Crippen LogP contribution < -0.4 is 24.8 Å². The minimum absolute atomic E-state index is 0. The summed E-state index contributed by atoms with van der Waals surface area (Å²) in [5.41, 5.74) is 2.78. The van der Waals surface area contributed by atoms with E-state index >= 15 is 0 Å². The molecule has 0 aliphatic carbocycles. The van der Waals surface area contributed by atoms with Gasteiger partial charge in [-0.3, -0.25) is 0 Å². The maximum Gasteiger partial charge on any atom is -0.172 e. The molecule has 2 rings (SSSR count). The molecule has 0 amide bonds. The van der Waals surface area contributed by atoms with Crippen LogP contribution in [0.5, 0.6) is 0 Å². The Morgan fingerprint density at radius 2 is 1.62 bits per heavy atom. The first-order valence-electron chi connectivity index (χ1n) is 4.51. The van der Waals surface area contributed by atoms with Crippen LogP contribution in [0.1, 0.15) is 11.1 Å². The van der Waals surface area contributed by atoms with Crippen molar-refractivity contribution in [2.24, 2.45) is 0 Å². The molecule has 0 saturated carbocycles. The predicted octanol–water partition coefficient (Wildman–Crippen LogP) is -3.48. The van der Waals surface area contributed by atoms with Crippen LogP contribution in [0.2, 0.25) is 0 Å². The molecular weight excluding hydrogens is 291 g/mol. The van der Waals surface area contributed by atoms with E-state index in [9.17, 15) is 0 Å². The summed E-state index contributed by atoms with van der Waals surface area (Å²) in [7, 11) is 1.86. The van der Waals surface area contributed by atoms with Crippen LogP contribution in [0.3, 0.4) is 0 Å². The summed E-state index contributed by atoms with van der Waals surface area (Å²) in [6, 6.07) is 16.3. The zero-order chi connectivity index (χ0) is 10.8. The fourth-order valence-electron chi connectivity index (χ4n) is 0.920. The molecule has 0 spiro atoms. The molecule has 0 nitrogen and oxygen atoms in total. The van der Waals surface area contributed by atoms with Gasteiger partial charge in [-0.1, -0.05) is 13.8 Å². The minimum Gasteiger partial charge on any atom is -0.214 e. The topological polar surface area (TPSA) is 0 Å². The number of hydrogen-bond acceptors (Lipinski definition) is 0. The summed E-state index contributed by atoms with van der Waals surface area (Å²) in [5, 5.41) is 0. The van der Waals surface area contributed by atoms with Crippen LogP contribution in [0, 0.1) is 13.8 Å². The van der Waals surface area contributed by atoms with Crippen LogP contribution >= 0.6 is 0 Å². The fourth-order valence-corrected chi connectivity index (χ4v) is 0.920. The molecule has 0 heterocycles. The minimum atomic E-state index is 0. The Hall–Kier alpha value is 0.211. The van der Waals surface area contributed by atoms with E-state index in [4.69, 9.17) is 0 Å². The van der Waals surface area contributed by atoms with Gasteiger partial charge in [-0.2, -0.15) is 35.4 Å². The van der Waals surface area contributed by atoms with E-state index < -0.39 is 0 Å². The van der Waals surface area contributed by atoms with Gasteiger partial charge < -0.3 is 24.8 Å². The van der Waals surface area contributed by atoms with Crippen LogP contribution in [-0.2, 0) is 19.2 Å². The molecule has 0 aromatic heterocycles. The second-order valence-corrected chi connectivity index (χ2v) is 2.85. The molecule has 0 radical (unpaired) electrons. The molecule has 2 aromatic rings. The van der Waals surface area contributed by atoms with Gasteiger partial charge in [0.15, 0.2) is 0 Å². The maximum absolute atomic E-state index is 2.12. The molecule has 4 heteroatoms. The molecular formula is C12H16Cl2SiTi-2. The van der Waals surface area contributed by atoms with Crippen molar-refractivity contribution in [1.82, 2.24) is 0 Å². The zero-order valence-electron chi connectivity index (χ0n) is 9.58. The number of halogens is 2. The van der Waals surface area contributed by atoms with Gasteiger partial charge in [-0.25, -0.2) is 24.3 Å². The third-order valence-corrected chi connectivity index (χ3v) is 1.87. The summed E-state index contributed by atoms with van der Waals surface area (Å²) in [6.07, 6.45) is 0. The smallest absolute Gasteiger partial charge is 0.172 e. The maximum atomic E-state index is 2.12. The second-order valence-electron chi connectivity index (χ2n) is 2.85. The summed E-state index contributed by atoms with van der Waals surface area (Å²) >= 11 is 2.03. The van der Waals surface area contributed by atoms with Gasteiger partial charge in [0.2, 0.25) is 0 Å². The van der Waals surface area contributed by atoms with E-state index in [1.165, 1.54) is 11.1 Å². The molecule has 16 heavy (non-hydrogen) atoms. The monoisotopic (exact) mass is 306 g/mol. The van der Waals surface area contributed by atoms with Gasteiger partial charge in [0.1, 0.15) is 0 Å². The zero-order valence-corrected chi connectivity index (χ0v) is 14.1. The van der Waals surface area contributed by atoms with Gasteiger partial charge in [0, 0.05) is 0 Å². The van der Waals surface area contributed by atoms with Crippen LogP contribution in [-0.4, -0.2) is 7.63 Å². The molecule has 0 fully saturated rings. The Balaban J connectivity index is -0.000000169. The third kappa shape index (κ3) is 10.7. The molecule has 88 valence electrons. The van der Waals surface area contributed by atoms with Crippen molar-refractivity contribution in [1.29, 1.82) is 0 Å². The SMILES string of the molecule is Cc1ccc[c-]1C.[Cl-].[Cl-].[SiH2]=[Ti+2].c1cc[cH-]c1. The summed E-state index contributed by atoms with van der Waals surface area (Å²) in [6.45, 7) is 4.24. The molecule has 0 aliphatic rings. The third-order valence-electron chi connectivity index (χ3n) is 1.87. The van der Waals surface area contributed by atoms with Gasteiger partial charge in [0.25, 0.3) is 0 Å². The average Bonchev–Trinajstić information content (AvgIpc) is 2.86. The van der Waals surface area contributed by atoms with E-state index in [0.29, 0.717) is 0 Å². The molecule has 0 N–H and O–H groups in total. The largest absolute Gasteiger partial charge is 0.214 e. The van der Waals surface area contributed by atoms with Crippen molar-refractivity contribution in [3.05, 3.63) is 59.7 Å². The molecule has 0 bridgehead atoms. The average molecular weight is 307 g/mol. The van der Waals surface area contributed by atoms with Crippen LogP contribution in [0.25, 0.3) is 0 Å². The quantitative estimate of drug-likeness (QED) is 0.350. The van der Waals surface area contributed by atoms with Crippen molar-refractivity contribution < 1.29 is 44.0 Å². The van der Waals surface area contributed by atoms with Crippen molar-refractivity contribution in [3.63, 3.8) is 0 Å². The van der Waals surface area contributed by atoms with E-state index in [-0.39, 0.29) is 24.8 Å². The summed E-state index contributed by atoms with van der Waals surface area (Å²) in [5.74, 6) is 0.